The molecular formula is C26H32ClFN2O2S. The van der Waals surface area contributed by atoms with Crippen LogP contribution in [0.5, 0.6) is 0 Å². The van der Waals surface area contributed by atoms with Crippen molar-refractivity contribution in [1.82, 2.24) is 10.2 Å². The van der Waals surface area contributed by atoms with Gasteiger partial charge in [-0.1, -0.05) is 68.1 Å². The van der Waals surface area contributed by atoms with E-state index in [0.717, 1.165) is 36.8 Å². The monoisotopic (exact) mass is 490 g/mol. The van der Waals surface area contributed by atoms with Crippen molar-refractivity contribution in [1.29, 1.82) is 0 Å². The molecule has 1 N–H and O–H groups in total. The van der Waals surface area contributed by atoms with Gasteiger partial charge in [0.2, 0.25) is 11.8 Å². The van der Waals surface area contributed by atoms with Gasteiger partial charge in [-0.25, -0.2) is 4.39 Å². The lowest BCUT2D eigenvalue weighted by atomic mass is 9.95. The highest BCUT2D eigenvalue weighted by Crippen LogP contribution is 2.23. The van der Waals surface area contributed by atoms with Crippen LogP contribution in [-0.2, 0) is 21.9 Å². The van der Waals surface area contributed by atoms with Gasteiger partial charge in [0.25, 0.3) is 0 Å². The fraction of sp³-hybridized carbons (Fsp3) is 0.462. The molecule has 2 aromatic rings. The fourth-order valence-electron chi connectivity index (χ4n) is 4.19. The van der Waals surface area contributed by atoms with Crippen molar-refractivity contribution in [2.75, 3.05) is 5.75 Å². The number of hydrogen-bond donors (Lipinski definition) is 1. The Labute approximate surface area is 205 Å². The quantitative estimate of drug-likeness (QED) is 0.446. The maximum absolute atomic E-state index is 13.3. The Kier molecular flexibility index (Phi) is 10.1. The minimum atomic E-state index is -0.554. The minimum Gasteiger partial charge on any atom is -0.352 e. The third-order valence-corrected chi connectivity index (χ3v) is 7.40. The summed E-state index contributed by atoms with van der Waals surface area (Å²) in [5, 5.41) is 3.77. The molecule has 0 heterocycles. The average molecular weight is 491 g/mol. The van der Waals surface area contributed by atoms with Crippen LogP contribution in [0.4, 0.5) is 4.39 Å². The van der Waals surface area contributed by atoms with Gasteiger partial charge in [-0.3, -0.25) is 9.59 Å². The number of amides is 2. The molecule has 178 valence electrons. The molecule has 3 rings (SSSR count). The summed E-state index contributed by atoms with van der Waals surface area (Å²) in [5.41, 5.74) is 1.77. The van der Waals surface area contributed by atoms with Crippen LogP contribution in [0.25, 0.3) is 0 Å². The third-order valence-electron chi connectivity index (χ3n) is 6.04. The summed E-state index contributed by atoms with van der Waals surface area (Å²) in [5.74, 6) is 0.355. The zero-order chi connectivity index (χ0) is 23.6. The first-order chi connectivity index (χ1) is 16.0. The summed E-state index contributed by atoms with van der Waals surface area (Å²) >= 11 is 7.84. The van der Waals surface area contributed by atoms with Gasteiger partial charge in [0.1, 0.15) is 11.9 Å². The molecule has 2 aromatic carbocycles. The largest absolute Gasteiger partial charge is 0.352 e. The lowest BCUT2D eigenvalue weighted by Gasteiger charge is -2.33. The van der Waals surface area contributed by atoms with E-state index in [-0.39, 0.29) is 36.0 Å². The molecule has 1 unspecified atom stereocenters. The zero-order valence-corrected chi connectivity index (χ0v) is 20.6. The van der Waals surface area contributed by atoms with Gasteiger partial charge in [-0.05, 0) is 48.6 Å². The molecule has 1 aliphatic carbocycles. The van der Waals surface area contributed by atoms with E-state index >= 15 is 0 Å². The number of thioether (sulfide) groups is 1. The zero-order valence-electron chi connectivity index (χ0n) is 19.1. The van der Waals surface area contributed by atoms with Crippen LogP contribution < -0.4 is 5.32 Å². The lowest BCUT2D eigenvalue weighted by Crippen LogP contribution is -2.52. The summed E-state index contributed by atoms with van der Waals surface area (Å²) < 4.78 is 13.1. The molecule has 0 aliphatic heterocycles. The van der Waals surface area contributed by atoms with E-state index < -0.39 is 6.04 Å². The number of hydrogen-bond acceptors (Lipinski definition) is 3. The Morgan fingerprint density at radius 2 is 1.82 bits per heavy atom. The van der Waals surface area contributed by atoms with Gasteiger partial charge >= 0.3 is 0 Å². The standard InChI is InChI=1S/C26H32ClFN2O2S/c1-2-24(26(32)29-22-9-4-3-5-10-22)30(16-20-8-6-7-11-23(20)27)25(31)18-33-17-19-12-14-21(28)15-13-19/h6-8,11-15,22,24H,2-5,9-10,16-18H2,1H3,(H,29,32). The molecule has 1 saturated carbocycles. The predicted octanol–water partition coefficient (Wildman–Crippen LogP) is 5.97. The highest BCUT2D eigenvalue weighted by atomic mass is 35.5. The van der Waals surface area contributed by atoms with Crippen molar-refractivity contribution in [2.45, 2.75) is 69.8 Å². The molecule has 4 nitrogen and oxygen atoms in total. The molecule has 0 aromatic heterocycles. The number of rotatable bonds is 10. The molecule has 0 spiro atoms. The fourth-order valence-corrected chi connectivity index (χ4v) is 5.26. The SMILES string of the molecule is CCC(C(=O)NC1CCCCC1)N(Cc1ccccc1Cl)C(=O)CSCc1ccc(F)cc1. The first-order valence-corrected chi connectivity index (χ1v) is 13.2. The van der Waals surface area contributed by atoms with E-state index in [1.54, 1.807) is 23.1 Å². The Balaban J connectivity index is 1.70. The predicted molar refractivity (Wildman–Crippen MR) is 134 cm³/mol. The average Bonchev–Trinajstić information content (AvgIpc) is 2.82. The molecule has 1 atom stereocenters. The van der Waals surface area contributed by atoms with Crippen molar-refractivity contribution < 1.29 is 14.0 Å². The molecular weight excluding hydrogens is 459 g/mol. The van der Waals surface area contributed by atoms with Crippen LogP contribution in [0.3, 0.4) is 0 Å². The van der Waals surface area contributed by atoms with E-state index in [1.807, 2.05) is 25.1 Å². The van der Waals surface area contributed by atoms with Crippen molar-refractivity contribution in [3.63, 3.8) is 0 Å². The normalized spacial score (nSPS) is 15.1. The summed E-state index contributed by atoms with van der Waals surface area (Å²) in [6.07, 6.45) is 5.99. The van der Waals surface area contributed by atoms with Crippen LogP contribution in [0.15, 0.2) is 48.5 Å². The summed E-state index contributed by atoms with van der Waals surface area (Å²) in [4.78, 5) is 28.2. The second-order valence-corrected chi connectivity index (χ2v) is 9.89. The topological polar surface area (TPSA) is 49.4 Å². The summed E-state index contributed by atoms with van der Waals surface area (Å²) in [7, 11) is 0. The Hall–Kier alpha value is -2.05. The maximum atomic E-state index is 13.3. The van der Waals surface area contributed by atoms with E-state index in [1.165, 1.54) is 30.3 Å². The van der Waals surface area contributed by atoms with Crippen molar-refractivity contribution in [3.05, 3.63) is 70.5 Å². The number of nitrogens with zero attached hydrogens (tertiary/aromatic N) is 1. The molecule has 33 heavy (non-hydrogen) atoms. The van der Waals surface area contributed by atoms with Gasteiger partial charge < -0.3 is 10.2 Å². The Morgan fingerprint density at radius 3 is 2.48 bits per heavy atom. The molecule has 1 fully saturated rings. The van der Waals surface area contributed by atoms with Crippen LogP contribution in [-0.4, -0.2) is 34.6 Å². The van der Waals surface area contributed by atoms with Crippen LogP contribution in [0, 0.1) is 5.82 Å². The molecule has 0 saturated heterocycles. The number of carbonyl (C=O) groups excluding carboxylic acids is 2. The van der Waals surface area contributed by atoms with Crippen molar-refractivity contribution in [2.24, 2.45) is 0 Å². The van der Waals surface area contributed by atoms with Crippen LogP contribution in [0.2, 0.25) is 5.02 Å². The summed E-state index contributed by atoms with van der Waals surface area (Å²) in [6.45, 7) is 2.22. The van der Waals surface area contributed by atoms with E-state index in [9.17, 15) is 14.0 Å². The number of halogens is 2. The van der Waals surface area contributed by atoms with Crippen LogP contribution in [0.1, 0.15) is 56.6 Å². The molecule has 7 heteroatoms. The van der Waals surface area contributed by atoms with Gasteiger partial charge in [-0.15, -0.1) is 11.8 Å². The van der Waals surface area contributed by atoms with Crippen molar-refractivity contribution >= 4 is 35.2 Å². The highest BCUT2D eigenvalue weighted by Gasteiger charge is 2.30. The number of benzene rings is 2. The van der Waals surface area contributed by atoms with Crippen molar-refractivity contribution in [3.8, 4) is 0 Å². The molecule has 2 amide bonds. The second kappa shape index (κ2) is 13.0. The third kappa shape index (κ3) is 7.75. The minimum absolute atomic E-state index is 0.0895. The van der Waals surface area contributed by atoms with E-state index in [4.69, 9.17) is 11.6 Å². The number of carbonyl (C=O) groups is 2. The molecule has 0 bridgehead atoms. The smallest absolute Gasteiger partial charge is 0.243 e. The van der Waals surface area contributed by atoms with Gasteiger partial charge in [0, 0.05) is 23.4 Å². The maximum Gasteiger partial charge on any atom is 0.243 e. The lowest BCUT2D eigenvalue weighted by molar-refractivity contribution is -0.139. The molecule has 1 aliphatic rings. The first kappa shape index (κ1) is 25.6. The van der Waals surface area contributed by atoms with Gasteiger partial charge in [-0.2, -0.15) is 0 Å². The Morgan fingerprint density at radius 1 is 1.12 bits per heavy atom. The second-order valence-electron chi connectivity index (χ2n) is 8.50. The van der Waals surface area contributed by atoms with Gasteiger partial charge in [0.15, 0.2) is 0 Å². The van der Waals surface area contributed by atoms with E-state index in [0.29, 0.717) is 17.2 Å². The molecule has 0 radical (unpaired) electrons. The van der Waals surface area contributed by atoms with E-state index in [2.05, 4.69) is 5.32 Å². The first-order valence-electron chi connectivity index (χ1n) is 11.6. The highest BCUT2D eigenvalue weighted by molar-refractivity contribution is 7.99. The van der Waals surface area contributed by atoms with Crippen LogP contribution >= 0.6 is 23.4 Å². The summed E-state index contributed by atoms with van der Waals surface area (Å²) in [6, 6.07) is 13.3. The van der Waals surface area contributed by atoms with Gasteiger partial charge in [0.05, 0.1) is 5.75 Å². The number of nitrogens with one attached hydrogen (secondary N) is 1. The Bertz CT molecular complexity index is 919.